The highest BCUT2D eigenvalue weighted by molar-refractivity contribution is 6.02. The minimum Gasteiger partial charge on any atom is -0.478 e. The molecule has 1 atom stereocenters. The third-order valence-corrected chi connectivity index (χ3v) is 2.78. The lowest BCUT2D eigenvalue weighted by molar-refractivity contribution is -0.342. The second-order valence-electron chi connectivity index (χ2n) is 4.15. The molecule has 106 valence electrons. The Balaban J connectivity index is 2.42. The van der Waals surface area contributed by atoms with Crippen LogP contribution in [-0.2, 0) is 4.74 Å². The number of aromatic nitrogens is 1. The molecule has 1 aromatic carbocycles. The van der Waals surface area contributed by atoms with E-state index in [0.717, 1.165) is 0 Å². The number of ether oxygens (including phenoxy) is 1. The fourth-order valence-electron chi connectivity index (χ4n) is 1.87. The first-order chi connectivity index (χ1) is 9.28. The summed E-state index contributed by atoms with van der Waals surface area (Å²) < 4.78 is 40.4. The predicted molar refractivity (Wildman–Crippen MR) is 64.3 cm³/mol. The van der Waals surface area contributed by atoms with Crippen molar-refractivity contribution in [2.45, 2.75) is 19.4 Å². The van der Waals surface area contributed by atoms with Crippen LogP contribution in [0.15, 0.2) is 30.5 Å². The molecule has 0 radical (unpaired) electrons. The molecule has 1 heterocycles. The van der Waals surface area contributed by atoms with Crippen LogP contribution in [0.5, 0.6) is 0 Å². The van der Waals surface area contributed by atoms with Crippen LogP contribution in [0.1, 0.15) is 28.9 Å². The van der Waals surface area contributed by atoms with Gasteiger partial charge in [0.1, 0.15) is 0 Å². The van der Waals surface area contributed by atoms with Gasteiger partial charge in [-0.2, -0.15) is 0 Å². The van der Waals surface area contributed by atoms with Gasteiger partial charge < -0.3 is 5.11 Å². The summed E-state index contributed by atoms with van der Waals surface area (Å²) in [5.41, 5.74) is 0.621. The number of halogens is 3. The van der Waals surface area contributed by atoms with Gasteiger partial charge in [0.2, 0.25) is 0 Å². The zero-order valence-electron chi connectivity index (χ0n) is 10.3. The van der Waals surface area contributed by atoms with E-state index in [2.05, 4.69) is 9.72 Å². The maximum atomic E-state index is 12.2. The molecule has 7 heteroatoms. The first-order valence-corrected chi connectivity index (χ1v) is 5.64. The van der Waals surface area contributed by atoms with E-state index in [1.807, 2.05) is 0 Å². The molecule has 2 aromatic rings. The van der Waals surface area contributed by atoms with E-state index in [-0.39, 0.29) is 11.1 Å². The van der Waals surface area contributed by atoms with Gasteiger partial charge in [0.05, 0.1) is 17.2 Å². The molecular formula is C13H10F3NO3. The molecule has 0 spiro atoms. The third-order valence-electron chi connectivity index (χ3n) is 2.78. The van der Waals surface area contributed by atoms with Crippen molar-refractivity contribution < 1.29 is 27.8 Å². The van der Waals surface area contributed by atoms with Crippen LogP contribution in [0.3, 0.4) is 0 Å². The molecule has 1 unspecified atom stereocenters. The Hall–Kier alpha value is -2.15. The van der Waals surface area contributed by atoms with Crippen LogP contribution in [-0.4, -0.2) is 22.4 Å². The molecule has 0 aliphatic carbocycles. The second kappa shape index (κ2) is 5.09. The van der Waals surface area contributed by atoms with Crippen LogP contribution in [0.2, 0.25) is 0 Å². The highest BCUT2D eigenvalue weighted by Crippen LogP contribution is 2.29. The molecule has 0 fully saturated rings. The van der Waals surface area contributed by atoms with Crippen molar-refractivity contribution >= 4 is 16.9 Å². The zero-order chi connectivity index (χ0) is 14.9. The Bertz CT molecular complexity index is 655. The topological polar surface area (TPSA) is 59.4 Å². The number of nitrogens with zero attached hydrogens (tertiary/aromatic N) is 1. The van der Waals surface area contributed by atoms with Crippen molar-refractivity contribution in [3.05, 3.63) is 41.6 Å². The summed E-state index contributed by atoms with van der Waals surface area (Å²) in [6.07, 6.45) is -4.63. The number of hydrogen-bond donors (Lipinski definition) is 1. The van der Waals surface area contributed by atoms with E-state index < -0.39 is 18.4 Å². The Morgan fingerprint density at radius 1 is 1.35 bits per heavy atom. The van der Waals surface area contributed by atoms with E-state index >= 15 is 0 Å². The van der Waals surface area contributed by atoms with E-state index in [1.54, 1.807) is 0 Å². The van der Waals surface area contributed by atoms with Gasteiger partial charge >= 0.3 is 12.3 Å². The number of rotatable bonds is 3. The Morgan fingerprint density at radius 3 is 2.65 bits per heavy atom. The minimum atomic E-state index is -4.73. The molecule has 20 heavy (non-hydrogen) atoms. The molecule has 2 rings (SSSR count). The number of benzene rings is 1. The van der Waals surface area contributed by atoms with Crippen molar-refractivity contribution in [2.24, 2.45) is 0 Å². The highest BCUT2D eigenvalue weighted by atomic mass is 19.4. The standard InChI is InChI=1S/C13H10F3NO3/c1-7(20-13(14,15)16)8-2-3-9-10(12(18)19)4-5-17-11(9)6-8/h2-7H,1H3,(H,18,19). The highest BCUT2D eigenvalue weighted by Gasteiger charge is 2.32. The molecule has 4 nitrogen and oxygen atoms in total. The Morgan fingerprint density at radius 2 is 2.05 bits per heavy atom. The number of alkyl halides is 3. The average molecular weight is 285 g/mol. The molecule has 0 aliphatic rings. The Labute approximate surface area is 111 Å². The number of aromatic carboxylic acids is 1. The summed E-state index contributed by atoms with van der Waals surface area (Å²) in [6, 6.07) is 5.54. The van der Waals surface area contributed by atoms with Gasteiger partial charge in [0, 0.05) is 11.6 Å². The molecule has 0 amide bonds. The van der Waals surface area contributed by atoms with Crippen LogP contribution in [0.4, 0.5) is 13.2 Å². The van der Waals surface area contributed by atoms with E-state index in [9.17, 15) is 18.0 Å². The fourth-order valence-corrected chi connectivity index (χ4v) is 1.87. The smallest absolute Gasteiger partial charge is 0.478 e. The lowest BCUT2D eigenvalue weighted by Crippen LogP contribution is -2.16. The molecule has 1 aromatic heterocycles. The largest absolute Gasteiger partial charge is 0.523 e. The van der Waals surface area contributed by atoms with E-state index in [1.165, 1.54) is 37.4 Å². The van der Waals surface area contributed by atoms with Crippen LogP contribution >= 0.6 is 0 Å². The molecule has 1 N–H and O–H groups in total. The van der Waals surface area contributed by atoms with Gasteiger partial charge in [-0.25, -0.2) is 4.79 Å². The SMILES string of the molecule is CC(OC(F)(F)F)c1ccc2c(C(=O)O)ccnc2c1. The monoisotopic (exact) mass is 285 g/mol. The predicted octanol–water partition coefficient (Wildman–Crippen LogP) is 3.53. The number of hydrogen-bond acceptors (Lipinski definition) is 3. The number of carboxylic acids is 1. The van der Waals surface area contributed by atoms with Gasteiger partial charge in [-0.05, 0) is 24.6 Å². The average Bonchev–Trinajstić information content (AvgIpc) is 2.35. The summed E-state index contributed by atoms with van der Waals surface area (Å²) in [5, 5.41) is 9.38. The molecule has 0 saturated heterocycles. The lowest BCUT2D eigenvalue weighted by atomic mass is 10.0. The number of pyridine rings is 1. The summed E-state index contributed by atoms with van der Waals surface area (Å²) in [4.78, 5) is 15.0. The van der Waals surface area contributed by atoms with Crippen LogP contribution < -0.4 is 0 Å². The maximum absolute atomic E-state index is 12.2. The van der Waals surface area contributed by atoms with Crippen molar-refractivity contribution in [1.29, 1.82) is 0 Å². The molecule has 0 aliphatic heterocycles. The second-order valence-corrected chi connectivity index (χ2v) is 4.15. The van der Waals surface area contributed by atoms with Gasteiger partial charge in [0.15, 0.2) is 0 Å². The lowest BCUT2D eigenvalue weighted by Gasteiger charge is -2.15. The molecule has 0 saturated carbocycles. The maximum Gasteiger partial charge on any atom is 0.523 e. The number of carboxylic acid groups (broad SMARTS) is 1. The third kappa shape index (κ3) is 3.05. The van der Waals surface area contributed by atoms with Crippen molar-refractivity contribution in [2.75, 3.05) is 0 Å². The van der Waals surface area contributed by atoms with Crippen molar-refractivity contribution in [3.8, 4) is 0 Å². The molecular weight excluding hydrogens is 275 g/mol. The fraction of sp³-hybridized carbons (Fsp3) is 0.231. The minimum absolute atomic E-state index is 0.0472. The Kier molecular flexibility index (Phi) is 3.63. The van der Waals surface area contributed by atoms with Gasteiger partial charge in [-0.15, -0.1) is 13.2 Å². The summed E-state index contributed by atoms with van der Waals surface area (Å²) in [5.74, 6) is -1.12. The molecule has 0 bridgehead atoms. The number of fused-ring (bicyclic) bond motifs is 1. The quantitative estimate of drug-likeness (QED) is 0.937. The van der Waals surface area contributed by atoms with Gasteiger partial charge in [-0.1, -0.05) is 12.1 Å². The first kappa shape index (κ1) is 14.3. The van der Waals surface area contributed by atoms with E-state index in [4.69, 9.17) is 5.11 Å². The normalized spacial score (nSPS) is 13.4. The first-order valence-electron chi connectivity index (χ1n) is 5.64. The van der Waals surface area contributed by atoms with E-state index in [0.29, 0.717) is 10.9 Å². The summed E-state index contributed by atoms with van der Waals surface area (Å²) in [7, 11) is 0. The van der Waals surface area contributed by atoms with Crippen LogP contribution in [0.25, 0.3) is 10.9 Å². The van der Waals surface area contributed by atoms with Crippen molar-refractivity contribution in [3.63, 3.8) is 0 Å². The van der Waals surface area contributed by atoms with Crippen LogP contribution in [0, 0.1) is 0 Å². The summed E-state index contributed by atoms with van der Waals surface area (Å²) >= 11 is 0. The number of carbonyl (C=O) groups is 1. The van der Waals surface area contributed by atoms with Gasteiger partial charge in [-0.3, -0.25) is 9.72 Å². The van der Waals surface area contributed by atoms with Gasteiger partial charge in [0.25, 0.3) is 0 Å². The summed E-state index contributed by atoms with van der Waals surface area (Å²) in [6.45, 7) is 1.26. The zero-order valence-corrected chi connectivity index (χ0v) is 10.3. The van der Waals surface area contributed by atoms with Crippen molar-refractivity contribution in [1.82, 2.24) is 4.98 Å².